The van der Waals surface area contributed by atoms with Crippen LogP contribution in [0.25, 0.3) is 0 Å². The number of methoxy groups -OCH3 is 1. The Bertz CT molecular complexity index is 915. The monoisotopic (exact) mass is 443 g/mol. The second-order valence-electron chi connectivity index (χ2n) is 4.83. The average Bonchev–Trinajstić information content (AvgIpc) is 2.54. The van der Waals surface area contributed by atoms with Gasteiger partial charge in [0.2, 0.25) is 10.0 Å². The first-order valence-electron chi connectivity index (χ1n) is 6.79. The molecule has 2 aromatic rings. The zero-order valence-electron chi connectivity index (χ0n) is 12.9. The molecule has 0 saturated heterocycles. The number of nitrogens with two attached hydrogens (primary N) is 1. The molecule has 7 nitrogen and oxygen atoms in total. The van der Waals surface area contributed by atoms with Crippen molar-refractivity contribution in [3.8, 4) is 5.75 Å². The molecule has 0 aromatic heterocycles. The van der Waals surface area contributed by atoms with Crippen LogP contribution in [0.1, 0.15) is 10.4 Å². The summed E-state index contributed by atoms with van der Waals surface area (Å²) in [4.78, 5) is 12.2. The minimum absolute atomic E-state index is 0.0175. The molecule has 2 rings (SSSR count). The molecule has 0 bridgehead atoms. The molecule has 2 aromatic carbocycles. The fraction of sp³-hybridized carbons (Fsp3) is 0.0667. The molecular formula is C15H14BrN3O4S2. The van der Waals surface area contributed by atoms with Gasteiger partial charge in [-0.25, -0.2) is 13.6 Å². The number of hydrogen-bond donors (Lipinski definition) is 3. The summed E-state index contributed by atoms with van der Waals surface area (Å²) in [5.74, 6) is 0.203. The number of anilines is 1. The number of rotatable bonds is 4. The van der Waals surface area contributed by atoms with E-state index in [-0.39, 0.29) is 10.0 Å². The van der Waals surface area contributed by atoms with Crippen molar-refractivity contribution in [3.63, 3.8) is 0 Å². The molecule has 25 heavy (non-hydrogen) atoms. The number of carbonyl (C=O) groups is 1. The van der Waals surface area contributed by atoms with Crippen molar-refractivity contribution in [2.75, 3.05) is 12.4 Å². The standard InChI is InChI=1S/C15H14BrN3O4S2/c1-23-13-7-2-9(8-12(13)16)14(20)19-15(24)18-10-3-5-11(6-4-10)25(17,21)22/h2-8H,1H3,(H2,17,21,22)(H2,18,19,20,24). The average molecular weight is 444 g/mol. The van der Waals surface area contributed by atoms with E-state index in [1.165, 1.54) is 31.4 Å². The summed E-state index contributed by atoms with van der Waals surface area (Å²) < 4.78 is 28.2. The van der Waals surface area contributed by atoms with E-state index in [9.17, 15) is 13.2 Å². The number of hydrogen-bond acceptors (Lipinski definition) is 5. The van der Waals surface area contributed by atoms with Gasteiger partial charge in [-0.2, -0.15) is 0 Å². The predicted molar refractivity (Wildman–Crippen MR) is 102 cm³/mol. The molecule has 0 fully saturated rings. The van der Waals surface area contributed by atoms with Crippen LogP contribution >= 0.6 is 28.1 Å². The van der Waals surface area contributed by atoms with Gasteiger partial charge in [-0.15, -0.1) is 0 Å². The van der Waals surface area contributed by atoms with Gasteiger partial charge in [0.05, 0.1) is 16.5 Å². The van der Waals surface area contributed by atoms with Gasteiger partial charge in [-0.3, -0.25) is 10.1 Å². The highest BCUT2D eigenvalue weighted by molar-refractivity contribution is 9.10. The normalized spacial score (nSPS) is 10.8. The first-order valence-corrected chi connectivity index (χ1v) is 9.54. The van der Waals surface area contributed by atoms with Gasteiger partial charge < -0.3 is 10.1 Å². The smallest absolute Gasteiger partial charge is 0.257 e. The third-order valence-electron chi connectivity index (χ3n) is 3.08. The third kappa shape index (κ3) is 5.23. The van der Waals surface area contributed by atoms with Gasteiger partial charge in [-0.05, 0) is 70.6 Å². The highest BCUT2D eigenvalue weighted by Crippen LogP contribution is 2.25. The molecule has 0 radical (unpaired) electrons. The maximum Gasteiger partial charge on any atom is 0.257 e. The first-order chi connectivity index (χ1) is 11.7. The zero-order chi connectivity index (χ0) is 18.6. The Morgan fingerprint density at radius 1 is 1.20 bits per heavy atom. The largest absolute Gasteiger partial charge is 0.496 e. The maximum absolute atomic E-state index is 12.2. The summed E-state index contributed by atoms with van der Waals surface area (Å²) in [6.45, 7) is 0. The molecule has 0 atom stereocenters. The number of amides is 1. The lowest BCUT2D eigenvalue weighted by Crippen LogP contribution is -2.34. The first kappa shape index (κ1) is 19.3. The molecule has 0 spiro atoms. The summed E-state index contributed by atoms with van der Waals surface area (Å²) in [7, 11) is -2.23. The molecule has 4 N–H and O–H groups in total. The van der Waals surface area contributed by atoms with Gasteiger partial charge in [0.15, 0.2) is 5.11 Å². The number of sulfonamides is 1. The molecule has 10 heteroatoms. The summed E-state index contributed by atoms with van der Waals surface area (Å²) in [6.07, 6.45) is 0. The van der Waals surface area contributed by atoms with E-state index in [1.807, 2.05) is 0 Å². The van der Waals surface area contributed by atoms with Crippen molar-refractivity contribution in [2.24, 2.45) is 5.14 Å². The van der Waals surface area contributed by atoms with Crippen LogP contribution in [0.2, 0.25) is 0 Å². The Balaban J connectivity index is 2.02. The lowest BCUT2D eigenvalue weighted by molar-refractivity contribution is 0.0977. The van der Waals surface area contributed by atoms with Gasteiger partial charge >= 0.3 is 0 Å². The Morgan fingerprint density at radius 2 is 1.84 bits per heavy atom. The van der Waals surface area contributed by atoms with Crippen molar-refractivity contribution in [3.05, 3.63) is 52.5 Å². The van der Waals surface area contributed by atoms with Crippen LogP contribution in [-0.2, 0) is 10.0 Å². The molecule has 0 saturated carbocycles. The van der Waals surface area contributed by atoms with E-state index in [2.05, 4.69) is 26.6 Å². The van der Waals surface area contributed by atoms with E-state index >= 15 is 0 Å². The van der Waals surface area contributed by atoms with Gasteiger partial charge in [-0.1, -0.05) is 0 Å². The third-order valence-corrected chi connectivity index (χ3v) is 4.83. The van der Waals surface area contributed by atoms with Crippen molar-refractivity contribution in [2.45, 2.75) is 4.90 Å². The van der Waals surface area contributed by atoms with Gasteiger partial charge in [0.1, 0.15) is 5.75 Å². The number of carbonyl (C=O) groups excluding carboxylic acids is 1. The van der Waals surface area contributed by atoms with Crippen LogP contribution in [-0.4, -0.2) is 26.5 Å². The zero-order valence-corrected chi connectivity index (χ0v) is 16.2. The number of primary sulfonamides is 1. The van der Waals surface area contributed by atoms with Crippen LogP contribution in [0.3, 0.4) is 0 Å². The fourth-order valence-electron chi connectivity index (χ4n) is 1.87. The lowest BCUT2D eigenvalue weighted by atomic mass is 10.2. The predicted octanol–water partition coefficient (Wildman–Crippen LogP) is 2.23. The summed E-state index contributed by atoms with van der Waals surface area (Å²) in [5.41, 5.74) is 0.898. The van der Waals surface area contributed by atoms with E-state index in [0.717, 1.165) is 0 Å². The second-order valence-corrected chi connectivity index (χ2v) is 7.65. The molecule has 0 heterocycles. The molecule has 1 amide bonds. The second kappa shape index (κ2) is 7.91. The Hall–Kier alpha value is -2.01. The number of ether oxygens (including phenoxy) is 1. The van der Waals surface area contributed by atoms with E-state index in [4.69, 9.17) is 22.1 Å². The summed E-state index contributed by atoms with van der Waals surface area (Å²) in [5, 5.41) is 10.4. The number of benzene rings is 2. The number of thiocarbonyl (C=S) groups is 1. The number of nitrogens with one attached hydrogen (secondary N) is 2. The molecule has 0 aliphatic rings. The van der Waals surface area contributed by atoms with Crippen molar-refractivity contribution >= 4 is 54.9 Å². The van der Waals surface area contributed by atoms with Crippen molar-refractivity contribution < 1.29 is 17.9 Å². The minimum Gasteiger partial charge on any atom is -0.496 e. The maximum atomic E-state index is 12.2. The highest BCUT2D eigenvalue weighted by Gasteiger charge is 2.11. The van der Waals surface area contributed by atoms with Crippen molar-refractivity contribution in [1.29, 1.82) is 0 Å². The number of halogens is 1. The lowest BCUT2D eigenvalue weighted by Gasteiger charge is -2.11. The molecule has 132 valence electrons. The highest BCUT2D eigenvalue weighted by atomic mass is 79.9. The topological polar surface area (TPSA) is 111 Å². The van der Waals surface area contributed by atoms with Crippen molar-refractivity contribution in [1.82, 2.24) is 5.32 Å². The molecule has 0 unspecified atom stereocenters. The van der Waals surface area contributed by atoms with Crippen LogP contribution in [0.5, 0.6) is 5.75 Å². The van der Waals surface area contributed by atoms with E-state index in [1.54, 1.807) is 18.2 Å². The fourth-order valence-corrected chi connectivity index (χ4v) is 3.14. The quantitative estimate of drug-likeness (QED) is 0.624. The van der Waals surface area contributed by atoms with E-state index in [0.29, 0.717) is 21.5 Å². The molecular weight excluding hydrogens is 430 g/mol. The Kier molecular flexibility index (Phi) is 6.11. The van der Waals surface area contributed by atoms with Crippen LogP contribution in [0.15, 0.2) is 51.8 Å². The van der Waals surface area contributed by atoms with Gasteiger partial charge in [0.25, 0.3) is 5.91 Å². The summed E-state index contributed by atoms with van der Waals surface area (Å²) in [6, 6.07) is 10.5. The van der Waals surface area contributed by atoms with Gasteiger partial charge in [0, 0.05) is 11.3 Å². The molecule has 0 aliphatic heterocycles. The SMILES string of the molecule is COc1ccc(C(=O)NC(=S)Nc2ccc(S(N)(=O)=O)cc2)cc1Br. The van der Waals surface area contributed by atoms with Crippen LogP contribution in [0, 0.1) is 0 Å². The Morgan fingerprint density at radius 3 is 2.36 bits per heavy atom. The van der Waals surface area contributed by atoms with E-state index < -0.39 is 15.9 Å². The molecule has 0 aliphatic carbocycles. The van der Waals surface area contributed by atoms with Crippen LogP contribution < -0.4 is 20.5 Å². The minimum atomic E-state index is -3.76. The van der Waals surface area contributed by atoms with Crippen LogP contribution in [0.4, 0.5) is 5.69 Å². The summed E-state index contributed by atoms with van der Waals surface area (Å²) >= 11 is 8.38. The Labute approximate surface area is 158 Å².